The molecule has 2 rings (SSSR count). The lowest BCUT2D eigenvalue weighted by atomic mass is 9.95. The third-order valence-electron chi connectivity index (χ3n) is 3.12. The average Bonchev–Trinajstić information content (AvgIpc) is 2.64. The molecule has 1 fully saturated rings. The zero-order chi connectivity index (χ0) is 11.8. The minimum absolute atomic E-state index is 0.388. The Morgan fingerprint density at radius 3 is 2.81 bits per heavy atom. The van der Waals surface area contributed by atoms with E-state index in [1.54, 1.807) is 0 Å². The first-order valence-corrected chi connectivity index (χ1v) is 6.00. The smallest absolute Gasteiger partial charge is 0.150 e. The van der Waals surface area contributed by atoms with Gasteiger partial charge in [-0.1, -0.05) is 0 Å². The highest BCUT2D eigenvalue weighted by Gasteiger charge is 2.29. The Labute approximate surface area is 96.9 Å². The number of rotatable bonds is 2. The minimum Gasteiger partial charge on any atom is -0.388 e. The molecule has 4 nitrogen and oxygen atoms in total. The van der Waals surface area contributed by atoms with Crippen molar-refractivity contribution in [1.82, 2.24) is 9.78 Å². The number of hydrogen-bond acceptors (Lipinski definition) is 3. The van der Waals surface area contributed by atoms with Crippen molar-refractivity contribution in [1.29, 1.82) is 0 Å². The lowest BCUT2D eigenvalue weighted by Crippen LogP contribution is -2.46. The largest absolute Gasteiger partial charge is 0.388 e. The molecule has 90 valence electrons. The van der Waals surface area contributed by atoms with E-state index in [4.69, 9.17) is 0 Å². The number of hydrogen-bond donors (Lipinski definition) is 1. The van der Waals surface area contributed by atoms with Crippen LogP contribution in [0.3, 0.4) is 0 Å². The Hall–Kier alpha value is -1.03. The number of β-amino-alcohol motifs (C(OH)–C–C–N with tert-alkyl or cyclic N) is 1. The van der Waals surface area contributed by atoms with E-state index in [0.29, 0.717) is 12.6 Å². The molecule has 0 amide bonds. The van der Waals surface area contributed by atoms with Crippen LogP contribution in [-0.4, -0.2) is 33.6 Å². The molecule has 0 radical (unpaired) electrons. The van der Waals surface area contributed by atoms with Crippen LogP contribution in [0, 0.1) is 0 Å². The standard InChI is InChI=1S/C12H21N3O/c1-10(2)15-8-5-11(13-15)14-7-4-6-12(3,16)9-14/h5,8,10,16H,4,6-7,9H2,1-3H3. The predicted molar refractivity (Wildman–Crippen MR) is 64.7 cm³/mol. The summed E-state index contributed by atoms with van der Waals surface area (Å²) in [5.41, 5.74) is -0.570. The number of anilines is 1. The maximum atomic E-state index is 10.0. The molecule has 1 unspecified atom stereocenters. The number of nitrogens with zero attached hydrogens (tertiary/aromatic N) is 3. The monoisotopic (exact) mass is 223 g/mol. The fourth-order valence-corrected chi connectivity index (χ4v) is 2.20. The average molecular weight is 223 g/mol. The summed E-state index contributed by atoms with van der Waals surface area (Å²) in [4.78, 5) is 2.17. The normalized spacial score (nSPS) is 26.4. The molecular weight excluding hydrogens is 202 g/mol. The molecule has 0 spiro atoms. The Morgan fingerprint density at radius 2 is 2.25 bits per heavy atom. The molecule has 1 N–H and O–H groups in total. The van der Waals surface area contributed by atoms with E-state index in [2.05, 4.69) is 23.8 Å². The Morgan fingerprint density at radius 1 is 1.50 bits per heavy atom. The lowest BCUT2D eigenvalue weighted by Gasteiger charge is -2.36. The molecule has 1 aliphatic heterocycles. The first-order chi connectivity index (χ1) is 7.48. The molecule has 1 aromatic heterocycles. The van der Waals surface area contributed by atoms with Gasteiger partial charge in [-0.3, -0.25) is 4.68 Å². The first kappa shape index (κ1) is 11.5. The van der Waals surface area contributed by atoms with Crippen molar-refractivity contribution in [3.8, 4) is 0 Å². The van der Waals surface area contributed by atoms with Gasteiger partial charge in [0.15, 0.2) is 5.82 Å². The number of piperidine rings is 1. The number of aliphatic hydroxyl groups is 1. The lowest BCUT2D eigenvalue weighted by molar-refractivity contribution is 0.0446. The summed E-state index contributed by atoms with van der Waals surface area (Å²) >= 11 is 0. The van der Waals surface area contributed by atoms with Crippen LogP contribution >= 0.6 is 0 Å². The van der Waals surface area contributed by atoms with Crippen LogP contribution < -0.4 is 4.90 Å². The quantitative estimate of drug-likeness (QED) is 0.831. The second kappa shape index (κ2) is 4.09. The van der Waals surface area contributed by atoms with Crippen LogP contribution in [0.4, 0.5) is 5.82 Å². The topological polar surface area (TPSA) is 41.3 Å². The van der Waals surface area contributed by atoms with E-state index < -0.39 is 5.60 Å². The van der Waals surface area contributed by atoms with Gasteiger partial charge in [0.1, 0.15) is 0 Å². The third kappa shape index (κ3) is 2.38. The van der Waals surface area contributed by atoms with Crippen LogP contribution in [-0.2, 0) is 0 Å². The molecule has 16 heavy (non-hydrogen) atoms. The Kier molecular flexibility index (Phi) is 2.93. The zero-order valence-electron chi connectivity index (χ0n) is 10.3. The molecule has 1 saturated heterocycles. The molecule has 0 aliphatic carbocycles. The molecular formula is C12H21N3O. The molecule has 1 aromatic rings. The van der Waals surface area contributed by atoms with Gasteiger partial charge >= 0.3 is 0 Å². The van der Waals surface area contributed by atoms with E-state index in [-0.39, 0.29) is 0 Å². The molecule has 4 heteroatoms. The van der Waals surface area contributed by atoms with Crippen molar-refractivity contribution in [2.24, 2.45) is 0 Å². The van der Waals surface area contributed by atoms with E-state index in [1.807, 2.05) is 23.9 Å². The number of aromatic nitrogens is 2. The van der Waals surface area contributed by atoms with Gasteiger partial charge in [-0.2, -0.15) is 5.10 Å². The fraction of sp³-hybridized carbons (Fsp3) is 0.750. The fourth-order valence-electron chi connectivity index (χ4n) is 2.20. The Balaban J connectivity index is 2.11. The molecule has 0 bridgehead atoms. The van der Waals surface area contributed by atoms with Crippen molar-refractivity contribution in [3.05, 3.63) is 12.3 Å². The maximum Gasteiger partial charge on any atom is 0.150 e. The van der Waals surface area contributed by atoms with Crippen molar-refractivity contribution in [2.75, 3.05) is 18.0 Å². The van der Waals surface area contributed by atoms with Gasteiger partial charge in [-0.15, -0.1) is 0 Å². The van der Waals surface area contributed by atoms with Gasteiger partial charge in [0.2, 0.25) is 0 Å². The van der Waals surface area contributed by atoms with Crippen molar-refractivity contribution < 1.29 is 5.11 Å². The van der Waals surface area contributed by atoms with Crippen molar-refractivity contribution in [2.45, 2.75) is 45.3 Å². The van der Waals surface area contributed by atoms with Gasteiger partial charge < -0.3 is 10.0 Å². The predicted octanol–water partition coefficient (Wildman–Crippen LogP) is 1.82. The highest BCUT2D eigenvalue weighted by Crippen LogP contribution is 2.24. The molecule has 2 heterocycles. The third-order valence-corrected chi connectivity index (χ3v) is 3.12. The second-order valence-corrected chi connectivity index (χ2v) is 5.27. The summed E-state index contributed by atoms with van der Waals surface area (Å²) in [6.45, 7) is 7.80. The highest BCUT2D eigenvalue weighted by atomic mass is 16.3. The Bertz CT molecular complexity index is 357. The van der Waals surface area contributed by atoms with Crippen LogP contribution in [0.5, 0.6) is 0 Å². The van der Waals surface area contributed by atoms with Gasteiger partial charge in [0.05, 0.1) is 5.60 Å². The summed E-state index contributed by atoms with van der Waals surface area (Å²) in [6.07, 6.45) is 3.92. The van der Waals surface area contributed by atoms with E-state index in [9.17, 15) is 5.11 Å². The summed E-state index contributed by atoms with van der Waals surface area (Å²) in [5, 5.41) is 14.6. The van der Waals surface area contributed by atoms with E-state index >= 15 is 0 Å². The van der Waals surface area contributed by atoms with Crippen LogP contribution in [0.1, 0.15) is 39.7 Å². The molecule has 0 saturated carbocycles. The second-order valence-electron chi connectivity index (χ2n) is 5.27. The van der Waals surface area contributed by atoms with Crippen LogP contribution in [0.15, 0.2) is 12.3 Å². The van der Waals surface area contributed by atoms with Crippen molar-refractivity contribution >= 4 is 5.82 Å². The van der Waals surface area contributed by atoms with Gasteiger partial charge in [-0.25, -0.2) is 0 Å². The van der Waals surface area contributed by atoms with E-state index in [1.165, 1.54) is 0 Å². The van der Waals surface area contributed by atoms with Crippen LogP contribution in [0.25, 0.3) is 0 Å². The summed E-state index contributed by atoms with van der Waals surface area (Å²) in [6, 6.07) is 2.42. The van der Waals surface area contributed by atoms with Gasteiger partial charge in [-0.05, 0) is 33.6 Å². The molecule has 1 aliphatic rings. The van der Waals surface area contributed by atoms with Gasteiger partial charge in [0, 0.05) is 31.4 Å². The summed E-state index contributed by atoms with van der Waals surface area (Å²) < 4.78 is 1.96. The van der Waals surface area contributed by atoms with E-state index in [0.717, 1.165) is 25.2 Å². The zero-order valence-corrected chi connectivity index (χ0v) is 10.3. The first-order valence-electron chi connectivity index (χ1n) is 6.00. The summed E-state index contributed by atoms with van der Waals surface area (Å²) in [5.74, 6) is 0.980. The van der Waals surface area contributed by atoms with Crippen LogP contribution in [0.2, 0.25) is 0 Å². The minimum atomic E-state index is -0.570. The maximum absolute atomic E-state index is 10.0. The van der Waals surface area contributed by atoms with Gasteiger partial charge in [0.25, 0.3) is 0 Å². The molecule has 1 atom stereocenters. The SMILES string of the molecule is CC(C)n1ccc(N2CCCC(C)(O)C2)n1. The van der Waals surface area contributed by atoms with Crippen molar-refractivity contribution in [3.63, 3.8) is 0 Å². The summed E-state index contributed by atoms with van der Waals surface area (Å²) in [7, 11) is 0. The highest BCUT2D eigenvalue weighted by molar-refractivity contribution is 5.38. The molecule has 0 aromatic carbocycles.